The predicted octanol–water partition coefficient (Wildman–Crippen LogP) is -2.03. The third-order valence-corrected chi connectivity index (χ3v) is 3.01. The van der Waals surface area contributed by atoms with E-state index in [2.05, 4.69) is 26.6 Å². The molecule has 0 saturated carbocycles. The maximum absolute atomic E-state index is 11.2. The smallest absolute Gasteiger partial charge is 0.407 e. The monoisotopic (exact) mass is 393 g/mol. The average Bonchev–Trinajstić information content (AvgIpc) is 2.62. The summed E-state index contributed by atoms with van der Waals surface area (Å²) in [7, 11) is 0. The van der Waals surface area contributed by atoms with Gasteiger partial charge in [-0.3, -0.25) is 0 Å². The van der Waals surface area contributed by atoms with Crippen LogP contribution in [0.5, 0.6) is 0 Å². The molecule has 2 unspecified atom stereocenters. The van der Waals surface area contributed by atoms with Gasteiger partial charge in [-0.1, -0.05) is 0 Å². The molecule has 0 aromatic heterocycles. The molecule has 0 aliphatic heterocycles. The number of hydrogen-bond donors (Lipinski definition) is 7. The Bertz CT molecular complexity index is 350. The molecule has 0 saturated heterocycles. The van der Waals surface area contributed by atoms with Gasteiger partial charge < -0.3 is 46.3 Å². The third kappa shape index (κ3) is 20.5. The van der Waals surface area contributed by atoms with Gasteiger partial charge in [0.2, 0.25) is 0 Å². The molecule has 0 aliphatic carbocycles. The second-order valence-electron chi connectivity index (χ2n) is 6.00. The van der Waals surface area contributed by atoms with Crippen molar-refractivity contribution in [3.8, 4) is 0 Å². The van der Waals surface area contributed by atoms with Crippen molar-refractivity contribution in [1.29, 1.82) is 0 Å². The summed E-state index contributed by atoms with van der Waals surface area (Å²) in [5.74, 6) is 0. The third-order valence-electron chi connectivity index (χ3n) is 3.01. The molecule has 0 spiro atoms. The SMILES string of the molecule is CC(O)COC(=O)NCCNCCNCCNCCNC(=O)OCC(C)O. The Labute approximate surface area is 160 Å². The zero-order chi connectivity index (χ0) is 20.3. The van der Waals surface area contributed by atoms with Gasteiger partial charge in [0, 0.05) is 52.4 Å². The van der Waals surface area contributed by atoms with Crippen LogP contribution < -0.4 is 26.6 Å². The highest BCUT2D eigenvalue weighted by molar-refractivity contribution is 5.67. The van der Waals surface area contributed by atoms with Gasteiger partial charge in [0.05, 0.1) is 12.2 Å². The molecule has 0 aliphatic rings. The molecule has 0 rings (SSSR count). The van der Waals surface area contributed by atoms with Crippen LogP contribution in [0.1, 0.15) is 13.8 Å². The van der Waals surface area contributed by atoms with Gasteiger partial charge in [0.15, 0.2) is 0 Å². The second kappa shape index (κ2) is 17.7. The number of alkyl carbamates (subject to hydrolysis) is 2. The minimum Gasteiger partial charge on any atom is -0.447 e. The lowest BCUT2D eigenvalue weighted by Crippen LogP contribution is -2.38. The van der Waals surface area contributed by atoms with Crippen molar-refractivity contribution < 1.29 is 29.3 Å². The first-order valence-electron chi connectivity index (χ1n) is 9.21. The zero-order valence-corrected chi connectivity index (χ0v) is 16.3. The molecule has 0 aromatic carbocycles. The Kier molecular flexibility index (Phi) is 16.6. The Morgan fingerprint density at radius 2 is 0.963 bits per heavy atom. The van der Waals surface area contributed by atoms with Crippen molar-refractivity contribution in [1.82, 2.24) is 26.6 Å². The molecule has 2 amide bonds. The maximum atomic E-state index is 11.2. The van der Waals surface area contributed by atoms with Gasteiger partial charge in [0.25, 0.3) is 0 Å². The predicted molar refractivity (Wildman–Crippen MR) is 101 cm³/mol. The molecular formula is C16H35N5O6. The molecule has 11 heteroatoms. The molecule has 160 valence electrons. The molecule has 0 heterocycles. The molecule has 0 fully saturated rings. The number of aliphatic hydroxyl groups excluding tert-OH is 2. The second-order valence-corrected chi connectivity index (χ2v) is 6.00. The highest BCUT2D eigenvalue weighted by atomic mass is 16.6. The van der Waals surface area contributed by atoms with Crippen LogP contribution in [0, 0.1) is 0 Å². The van der Waals surface area contributed by atoms with Crippen molar-refractivity contribution in [3.63, 3.8) is 0 Å². The number of nitrogens with one attached hydrogen (secondary N) is 5. The lowest BCUT2D eigenvalue weighted by molar-refractivity contribution is 0.0781. The maximum Gasteiger partial charge on any atom is 0.407 e. The summed E-state index contributed by atoms with van der Waals surface area (Å²) in [6, 6.07) is 0. The zero-order valence-electron chi connectivity index (χ0n) is 16.3. The van der Waals surface area contributed by atoms with Crippen LogP contribution in [0.4, 0.5) is 9.59 Å². The number of aliphatic hydroxyl groups is 2. The van der Waals surface area contributed by atoms with E-state index < -0.39 is 24.4 Å². The van der Waals surface area contributed by atoms with E-state index in [1.54, 1.807) is 13.8 Å². The van der Waals surface area contributed by atoms with E-state index in [9.17, 15) is 9.59 Å². The number of rotatable bonds is 16. The number of amides is 2. The summed E-state index contributed by atoms with van der Waals surface area (Å²) >= 11 is 0. The van der Waals surface area contributed by atoms with Crippen LogP contribution in [0.25, 0.3) is 0 Å². The van der Waals surface area contributed by atoms with E-state index in [0.717, 1.165) is 26.2 Å². The summed E-state index contributed by atoms with van der Waals surface area (Å²) in [5.41, 5.74) is 0. The van der Waals surface area contributed by atoms with E-state index in [4.69, 9.17) is 19.7 Å². The number of carbonyl (C=O) groups excluding carboxylic acids is 2. The minimum atomic E-state index is -0.664. The summed E-state index contributed by atoms with van der Waals surface area (Å²) in [6.45, 7) is 8.33. The Morgan fingerprint density at radius 1 is 0.667 bits per heavy atom. The molecule has 2 atom stereocenters. The van der Waals surface area contributed by atoms with Crippen molar-refractivity contribution in [2.75, 3.05) is 65.6 Å². The van der Waals surface area contributed by atoms with Crippen molar-refractivity contribution in [2.45, 2.75) is 26.1 Å². The molecule has 0 bridgehead atoms. The quantitative estimate of drug-likeness (QED) is 0.147. The standard InChI is InChI=1S/C16H35N5O6/c1-13(22)11-26-15(24)20-9-7-18-5-3-17-4-6-19-8-10-21-16(25)27-12-14(2)23/h13-14,17-19,22-23H,3-12H2,1-2H3,(H,20,24)(H,21,25). The molecule has 0 aromatic rings. The molecule has 27 heavy (non-hydrogen) atoms. The van der Waals surface area contributed by atoms with Gasteiger partial charge in [-0.25, -0.2) is 9.59 Å². The van der Waals surface area contributed by atoms with Gasteiger partial charge in [0.1, 0.15) is 13.2 Å². The summed E-state index contributed by atoms with van der Waals surface area (Å²) in [6.07, 6.45) is -2.40. The first-order valence-corrected chi connectivity index (χ1v) is 9.21. The summed E-state index contributed by atoms with van der Waals surface area (Å²) in [5, 5.41) is 32.7. The van der Waals surface area contributed by atoms with Crippen molar-refractivity contribution in [2.24, 2.45) is 0 Å². The molecule has 11 nitrogen and oxygen atoms in total. The number of hydrogen-bond acceptors (Lipinski definition) is 9. The Hall–Kier alpha value is -1.66. The average molecular weight is 393 g/mol. The van der Waals surface area contributed by atoms with Crippen LogP contribution in [-0.2, 0) is 9.47 Å². The fourth-order valence-electron chi connectivity index (χ4n) is 1.73. The molecule has 0 radical (unpaired) electrons. The lowest BCUT2D eigenvalue weighted by atomic mass is 10.4. The molecule has 7 N–H and O–H groups in total. The van der Waals surface area contributed by atoms with Crippen LogP contribution >= 0.6 is 0 Å². The van der Waals surface area contributed by atoms with Crippen molar-refractivity contribution >= 4 is 12.2 Å². The van der Waals surface area contributed by atoms with Crippen LogP contribution in [-0.4, -0.2) is 100 Å². The van der Waals surface area contributed by atoms with Gasteiger partial charge in [-0.05, 0) is 13.8 Å². The van der Waals surface area contributed by atoms with E-state index in [1.807, 2.05) is 0 Å². The van der Waals surface area contributed by atoms with E-state index in [-0.39, 0.29) is 13.2 Å². The summed E-state index contributed by atoms with van der Waals surface area (Å²) < 4.78 is 9.50. The van der Waals surface area contributed by atoms with Crippen LogP contribution in [0.2, 0.25) is 0 Å². The summed E-state index contributed by atoms with van der Waals surface area (Å²) in [4.78, 5) is 22.4. The minimum absolute atomic E-state index is 0.0135. The van der Waals surface area contributed by atoms with E-state index in [1.165, 1.54) is 0 Å². The van der Waals surface area contributed by atoms with Crippen molar-refractivity contribution in [3.05, 3.63) is 0 Å². The fraction of sp³-hybridized carbons (Fsp3) is 0.875. The van der Waals surface area contributed by atoms with Crippen LogP contribution in [0.15, 0.2) is 0 Å². The van der Waals surface area contributed by atoms with Gasteiger partial charge in [-0.15, -0.1) is 0 Å². The van der Waals surface area contributed by atoms with Crippen LogP contribution in [0.3, 0.4) is 0 Å². The van der Waals surface area contributed by atoms with Gasteiger partial charge in [-0.2, -0.15) is 0 Å². The lowest BCUT2D eigenvalue weighted by Gasteiger charge is -2.10. The largest absolute Gasteiger partial charge is 0.447 e. The first-order chi connectivity index (χ1) is 12.9. The normalized spacial score (nSPS) is 12.9. The fourth-order valence-corrected chi connectivity index (χ4v) is 1.73. The highest BCUT2D eigenvalue weighted by Crippen LogP contribution is 1.84. The first kappa shape index (κ1) is 25.3. The number of ether oxygens (including phenoxy) is 2. The van der Waals surface area contributed by atoms with E-state index in [0.29, 0.717) is 26.2 Å². The van der Waals surface area contributed by atoms with E-state index >= 15 is 0 Å². The Morgan fingerprint density at radius 3 is 1.26 bits per heavy atom. The van der Waals surface area contributed by atoms with Gasteiger partial charge >= 0.3 is 12.2 Å². The number of carbonyl (C=O) groups is 2. The highest BCUT2D eigenvalue weighted by Gasteiger charge is 2.03. The Balaban J connectivity index is 3.21. The molecular weight excluding hydrogens is 358 g/mol. The topological polar surface area (TPSA) is 153 Å².